The first-order chi connectivity index (χ1) is 16.2. The molecule has 1 aliphatic carbocycles. The third-order valence-corrected chi connectivity index (χ3v) is 6.78. The van der Waals surface area contributed by atoms with Crippen molar-refractivity contribution < 1.29 is 22.7 Å². The van der Waals surface area contributed by atoms with Crippen LogP contribution in [-0.2, 0) is 24.4 Å². The molecular weight excluding hydrogens is 447 g/mol. The highest BCUT2D eigenvalue weighted by atomic mass is 19.4. The largest absolute Gasteiger partial charge is 0.416 e. The lowest BCUT2D eigenvalue weighted by molar-refractivity contribution is -0.137. The van der Waals surface area contributed by atoms with Gasteiger partial charge in [0.15, 0.2) is 0 Å². The average Bonchev–Trinajstić information content (AvgIpc) is 3.38. The van der Waals surface area contributed by atoms with Crippen LogP contribution < -0.4 is 5.73 Å². The fourth-order valence-corrected chi connectivity index (χ4v) is 5.22. The molecule has 7 nitrogen and oxygen atoms in total. The third kappa shape index (κ3) is 3.05. The van der Waals surface area contributed by atoms with Crippen molar-refractivity contribution in [2.45, 2.75) is 24.7 Å². The van der Waals surface area contributed by atoms with Crippen LogP contribution in [-0.4, -0.2) is 44.8 Å². The summed E-state index contributed by atoms with van der Waals surface area (Å²) >= 11 is 0. The highest BCUT2D eigenvalue weighted by molar-refractivity contribution is 6.10. The summed E-state index contributed by atoms with van der Waals surface area (Å²) < 4.78 is 47.2. The van der Waals surface area contributed by atoms with E-state index in [9.17, 15) is 18.0 Å². The summed E-state index contributed by atoms with van der Waals surface area (Å²) in [6, 6.07) is 8.52. The number of nitrogens with two attached hydrogens (primary N) is 1. The number of hydrogen-bond donors (Lipinski definition) is 1. The number of aryl methyl sites for hydroxylation is 1. The molecule has 0 radical (unpaired) electrons. The molecule has 0 bridgehead atoms. The molecule has 3 heterocycles. The fourth-order valence-electron chi connectivity index (χ4n) is 5.22. The van der Waals surface area contributed by atoms with Crippen LogP contribution >= 0.6 is 0 Å². The number of nitrogen functional groups attached to an aromatic ring is 1. The molecule has 1 aliphatic heterocycles. The smallest absolute Gasteiger partial charge is 0.383 e. The van der Waals surface area contributed by atoms with Crippen LogP contribution in [0.2, 0.25) is 0 Å². The predicted molar refractivity (Wildman–Crippen MR) is 119 cm³/mol. The molecule has 2 aromatic carbocycles. The molecule has 34 heavy (non-hydrogen) atoms. The number of fused-ring (bicyclic) bond motifs is 6. The van der Waals surface area contributed by atoms with Gasteiger partial charge in [0.2, 0.25) is 0 Å². The summed E-state index contributed by atoms with van der Waals surface area (Å²) in [6.45, 7) is 0.671. The minimum absolute atomic E-state index is 0.208. The van der Waals surface area contributed by atoms with Crippen LogP contribution in [0.15, 0.2) is 42.6 Å². The van der Waals surface area contributed by atoms with Crippen LogP contribution in [0.1, 0.15) is 33.1 Å². The summed E-state index contributed by atoms with van der Waals surface area (Å²) in [5.41, 5.74) is 8.54. The number of hydrogen-bond acceptors (Lipinski definition) is 5. The number of rotatable bonds is 1. The Hall–Kier alpha value is -3.66. The molecule has 10 heteroatoms. The molecule has 6 rings (SSSR count). The lowest BCUT2D eigenvalue weighted by Gasteiger charge is -2.38. The van der Waals surface area contributed by atoms with Crippen molar-refractivity contribution >= 4 is 33.5 Å². The number of halogens is 3. The molecule has 4 aromatic rings. The van der Waals surface area contributed by atoms with Gasteiger partial charge in [-0.25, -0.2) is 4.98 Å². The van der Waals surface area contributed by atoms with Crippen molar-refractivity contribution in [1.82, 2.24) is 19.7 Å². The Morgan fingerprint density at radius 1 is 1.18 bits per heavy atom. The molecule has 2 atom stereocenters. The number of carbonyl (C=O) groups excluding carboxylic acids is 1. The van der Waals surface area contributed by atoms with Gasteiger partial charge in [-0.2, -0.15) is 18.3 Å². The van der Waals surface area contributed by atoms with E-state index in [1.165, 1.54) is 12.1 Å². The third-order valence-electron chi connectivity index (χ3n) is 6.78. The van der Waals surface area contributed by atoms with Crippen molar-refractivity contribution in [2.75, 3.05) is 18.9 Å². The van der Waals surface area contributed by atoms with Crippen LogP contribution in [0.4, 0.5) is 19.0 Å². The maximum atomic E-state index is 13.7. The van der Waals surface area contributed by atoms with Gasteiger partial charge in [-0.3, -0.25) is 9.48 Å². The van der Waals surface area contributed by atoms with E-state index in [0.29, 0.717) is 53.0 Å². The molecule has 0 saturated carbocycles. The Kier molecular flexibility index (Phi) is 4.41. The quantitative estimate of drug-likeness (QED) is 0.460. The molecule has 0 spiro atoms. The summed E-state index contributed by atoms with van der Waals surface area (Å²) in [6.07, 6.45) is -2.81. The van der Waals surface area contributed by atoms with E-state index in [1.54, 1.807) is 41.0 Å². The molecule has 2 aliphatic rings. The minimum Gasteiger partial charge on any atom is -0.383 e. The number of ether oxygens (including phenoxy) is 1. The topological polar surface area (TPSA) is 86.3 Å². The first kappa shape index (κ1) is 20.9. The minimum atomic E-state index is -4.42. The van der Waals surface area contributed by atoms with Gasteiger partial charge in [-0.05, 0) is 41.5 Å². The lowest BCUT2D eigenvalue weighted by Crippen LogP contribution is -2.46. The zero-order chi connectivity index (χ0) is 23.8. The van der Waals surface area contributed by atoms with Crippen LogP contribution in [0.3, 0.4) is 0 Å². The van der Waals surface area contributed by atoms with Gasteiger partial charge in [-0.15, -0.1) is 0 Å². The Morgan fingerprint density at radius 2 is 2.00 bits per heavy atom. The van der Waals surface area contributed by atoms with Crippen molar-refractivity contribution in [2.24, 2.45) is 7.05 Å². The summed E-state index contributed by atoms with van der Waals surface area (Å²) in [5, 5.41) is 5.72. The van der Waals surface area contributed by atoms with Crippen LogP contribution in [0.25, 0.3) is 21.8 Å². The van der Waals surface area contributed by atoms with Gasteiger partial charge in [0.05, 0.1) is 46.9 Å². The molecule has 2 N–H and O–H groups in total. The number of aromatic nitrogens is 3. The van der Waals surface area contributed by atoms with E-state index in [0.717, 1.165) is 17.0 Å². The number of benzene rings is 2. The molecule has 1 fully saturated rings. The van der Waals surface area contributed by atoms with Gasteiger partial charge in [0, 0.05) is 31.0 Å². The normalized spacial score (nSPS) is 20.1. The second-order valence-corrected chi connectivity index (χ2v) is 8.73. The standard InChI is InChI=1S/C24H20F3N5O2/c1-31-20-16-9-12(2-5-18(16)30-22(28)17(20)11-29-31)23(33)32-6-7-34-19-10-13-8-14(24(25,26)27)3-4-15(13)21(19)32/h2-5,8-9,11,19,21H,6-7,10H2,1H3,(H2,28,30). The summed E-state index contributed by atoms with van der Waals surface area (Å²) in [5.74, 6) is 0.159. The number of alkyl halides is 3. The average molecular weight is 467 g/mol. The highest BCUT2D eigenvalue weighted by Gasteiger charge is 2.43. The Morgan fingerprint density at radius 3 is 2.79 bits per heavy atom. The SMILES string of the molecule is Cn1ncc2c(N)nc3ccc(C(=O)N4CCOC5Cc6cc(C(F)(F)F)ccc6C54)cc3c21. The van der Waals surface area contributed by atoms with E-state index in [-0.39, 0.29) is 12.0 Å². The van der Waals surface area contributed by atoms with E-state index in [4.69, 9.17) is 10.5 Å². The molecular formula is C24H20F3N5O2. The zero-order valence-corrected chi connectivity index (χ0v) is 18.1. The molecule has 2 unspecified atom stereocenters. The Labute approximate surface area is 191 Å². The van der Waals surface area contributed by atoms with Crippen molar-refractivity contribution in [1.29, 1.82) is 0 Å². The first-order valence-corrected chi connectivity index (χ1v) is 10.9. The number of nitrogens with zero attached hydrogens (tertiary/aromatic N) is 4. The second-order valence-electron chi connectivity index (χ2n) is 8.73. The zero-order valence-electron chi connectivity index (χ0n) is 18.1. The van der Waals surface area contributed by atoms with Crippen molar-refractivity contribution in [3.05, 3.63) is 64.8 Å². The van der Waals surface area contributed by atoms with Crippen molar-refractivity contribution in [3.63, 3.8) is 0 Å². The number of morpholine rings is 1. The Balaban J connectivity index is 1.41. The van der Waals surface area contributed by atoms with Gasteiger partial charge in [0.1, 0.15) is 5.82 Å². The number of pyridine rings is 1. The van der Waals surface area contributed by atoms with E-state index < -0.39 is 17.8 Å². The first-order valence-electron chi connectivity index (χ1n) is 10.9. The Bertz CT molecular complexity index is 1480. The monoisotopic (exact) mass is 467 g/mol. The van der Waals surface area contributed by atoms with Crippen LogP contribution in [0.5, 0.6) is 0 Å². The van der Waals surface area contributed by atoms with E-state index in [1.807, 2.05) is 0 Å². The van der Waals surface area contributed by atoms with Crippen LogP contribution in [0, 0.1) is 0 Å². The number of carbonyl (C=O) groups is 1. The lowest BCUT2D eigenvalue weighted by atomic mass is 10.0. The second kappa shape index (κ2) is 7.17. The van der Waals surface area contributed by atoms with E-state index >= 15 is 0 Å². The molecule has 2 aromatic heterocycles. The van der Waals surface area contributed by atoms with E-state index in [2.05, 4.69) is 10.1 Å². The van der Waals surface area contributed by atoms with Gasteiger partial charge in [-0.1, -0.05) is 6.07 Å². The number of amides is 1. The van der Waals surface area contributed by atoms with Crippen molar-refractivity contribution in [3.8, 4) is 0 Å². The van der Waals surface area contributed by atoms with Gasteiger partial charge < -0.3 is 15.4 Å². The maximum Gasteiger partial charge on any atom is 0.416 e. The maximum absolute atomic E-state index is 13.7. The highest BCUT2D eigenvalue weighted by Crippen LogP contribution is 2.43. The molecule has 174 valence electrons. The molecule has 1 saturated heterocycles. The predicted octanol–water partition coefficient (Wildman–Crippen LogP) is 3.86. The summed E-state index contributed by atoms with van der Waals surface area (Å²) in [4.78, 5) is 19.8. The summed E-state index contributed by atoms with van der Waals surface area (Å²) in [7, 11) is 1.80. The fraction of sp³-hybridized carbons (Fsp3) is 0.292. The number of anilines is 1. The molecule has 1 amide bonds. The van der Waals surface area contributed by atoms with Gasteiger partial charge >= 0.3 is 6.18 Å². The van der Waals surface area contributed by atoms with Gasteiger partial charge in [0.25, 0.3) is 5.91 Å².